The van der Waals surface area contributed by atoms with Crippen molar-refractivity contribution in [2.45, 2.75) is 4.90 Å². The molecule has 26 heavy (non-hydrogen) atoms. The predicted octanol–water partition coefficient (Wildman–Crippen LogP) is 2.02. The Labute approximate surface area is 155 Å². The zero-order valence-corrected chi connectivity index (χ0v) is 15.3. The molecule has 2 aromatic carbocycles. The molecule has 136 valence electrons. The van der Waals surface area contributed by atoms with Crippen molar-refractivity contribution in [1.82, 2.24) is 14.3 Å². The molecule has 7 nitrogen and oxygen atoms in total. The summed E-state index contributed by atoms with van der Waals surface area (Å²) >= 11 is 6.23. The number of rotatable bonds is 3. The Morgan fingerprint density at radius 1 is 0.923 bits per heavy atom. The van der Waals surface area contributed by atoms with E-state index in [1.807, 2.05) is 24.3 Å². The van der Waals surface area contributed by atoms with Gasteiger partial charge in [0.25, 0.3) is 0 Å². The van der Waals surface area contributed by atoms with Crippen LogP contribution in [0.15, 0.2) is 52.2 Å². The highest BCUT2D eigenvalue weighted by Gasteiger charge is 2.29. The highest BCUT2D eigenvalue weighted by Crippen LogP contribution is 2.27. The molecule has 0 bridgehead atoms. The van der Waals surface area contributed by atoms with Crippen molar-refractivity contribution in [3.8, 4) is 0 Å². The molecular formula is C17H17ClN4O3S. The second-order valence-electron chi connectivity index (χ2n) is 6.13. The minimum atomic E-state index is -3.62. The topological polar surface area (TPSA) is 89.3 Å². The number of para-hydroxylation sites is 1. The molecule has 0 saturated carbocycles. The third-order valence-electron chi connectivity index (χ3n) is 4.56. The van der Waals surface area contributed by atoms with E-state index >= 15 is 0 Å². The largest absolute Gasteiger partial charge is 0.368 e. The van der Waals surface area contributed by atoms with E-state index in [9.17, 15) is 13.2 Å². The molecule has 4 rings (SSSR count). The molecule has 2 N–H and O–H groups in total. The minimum absolute atomic E-state index is 0.173. The number of fused-ring (bicyclic) bond motifs is 1. The van der Waals surface area contributed by atoms with Gasteiger partial charge in [0.15, 0.2) is 0 Å². The smallest absolute Gasteiger partial charge is 0.323 e. The van der Waals surface area contributed by atoms with Gasteiger partial charge in [-0.1, -0.05) is 23.7 Å². The van der Waals surface area contributed by atoms with Crippen molar-refractivity contribution < 1.29 is 8.42 Å². The van der Waals surface area contributed by atoms with Crippen LogP contribution in [0.4, 0.5) is 5.69 Å². The molecule has 0 amide bonds. The van der Waals surface area contributed by atoms with Crippen LogP contribution in [0.5, 0.6) is 0 Å². The number of hydrogen-bond acceptors (Lipinski definition) is 4. The van der Waals surface area contributed by atoms with Gasteiger partial charge >= 0.3 is 5.69 Å². The Bertz CT molecular complexity index is 1110. The Kier molecular flexibility index (Phi) is 4.26. The zero-order valence-electron chi connectivity index (χ0n) is 13.8. The number of anilines is 1. The molecule has 1 aliphatic heterocycles. The lowest BCUT2D eigenvalue weighted by Crippen LogP contribution is -2.48. The highest BCUT2D eigenvalue weighted by molar-refractivity contribution is 7.89. The molecule has 0 aliphatic carbocycles. The SMILES string of the molecule is O=c1[nH]c2ccc(S(=O)(=O)N3CCN(c4ccccc4Cl)CC3)cc2[nH]1. The molecule has 0 unspecified atom stereocenters. The standard InChI is InChI=1S/C17H17ClN4O3S/c18-13-3-1-2-4-16(13)21-7-9-22(10-8-21)26(24,25)12-5-6-14-15(11-12)20-17(23)19-14/h1-6,11H,7-10H2,(H2,19,20,23). The summed E-state index contributed by atoms with van der Waals surface area (Å²) in [6, 6.07) is 12.1. The summed E-state index contributed by atoms with van der Waals surface area (Å²) < 4.78 is 27.3. The fourth-order valence-electron chi connectivity index (χ4n) is 3.20. The summed E-state index contributed by atoms with van der Waals surface area (Å²) in [4.78, 5) is 18.8. The Balaban J connectivity index is 1.55. The van der Waals surface area contributed by atoms with E-state index in [-0.39, 0.29) is 10.6 Å². The summed E-state index contributed by atoms with van der Waals surface area (Å²) in [5, 5.41) is 0.658. The summed E-state index contributed by atoms with van der Waals surface area (Å²) in [5.74, 6) is 0. The minimum Gasteiger partial charge on any atom is -0.368 e. The van der Waals surface area contributed by atoms with Crippen LogP contribution in [0.25, 0.3) is 11.0 Å². The monoisotopic (exact) mass is 392 g/mol. The number of sulfonamides is 1. The summed E-state index contributed by atoms with van der Waals surface area (Å²) in [7, 11) is -3.62. The molecule has 9 heteroatoms. The molecule has 3 aromatic rings. The van der Waals surface area contributed by atoms with Crippen LogP contribution in [0, 0.1) is 0 Å². The Hall–Kier alpha value is -2.29. The lowest BCUT2D eigenvalue weighted by Gasteiger charge is -2.35. The van der Waals surface area contributed by atoms with Crippen LogP contribution in [-0.4, -0.2) is 48.9 Å². The number of halogens is 1. The van der Waals surface area contributed by atoms with E-state index in [1.54, 1.807) is 6.07 Å². The van der Waals surface area contributed by atoms with Crippen molar-refractivity contribution >= 4 is 38.3 Å². The Morgan fingerprint density at radius 3 is 2.35 bits per heavy atom. The van der Waals surface area contributed by atoms with E-state index in [4.69, 9.17) is 11.6 Å². The molecule has 0 atom stereocenters. The van der Waals surface area contributed by atoms with E-state index in [0.29, 0.717) is 42.2 Å². The first-order valence-electron chi connectivity index (χ1n) is 8.17. The molecule has 1 fully saturated rings. The van der Waals surface area contributed by atoms with E-state index < -0.39 is 10.0 Å². The van der Waals surface area contributed by atoms with Crippen molar-refractivity contribution in [3.63, 3.8) is 0 Å². The lowest BCUT2D eigenvalue weighted by atomic mass is 10.2. The number of hydrogen-bond donors (Lipinski definition) is 2. The van der Waals surface area contributed by atoms with Gasteiger partial charge in [-0.15, -0.1) is 0 Å². The Morgan fingerprint density at radius 2 is 1.62 bits per heavy atom. The van der Waals surface area contributed by atoms with Gasteiger partial charge in [0.1, 0.15) is 0 Å². The van der Waals surface area contributed by atoms with Crippen molar-refractivity contribution in [2.75, 3.05) is 31.1 Å². The number of piperazine rings is 1. The van der Waals surface area contributed by atoms with Gasteiger partial charge in [0.05, 0.1) is 26.6 Å². The molecule has 0 spiro atoms. The first-order valence-corrected chi connectivity index (χ1v) is 9.99. The average Bonchev–Trinajstić information content (AvgIpc) is 3.01. The maximum absolute atomic E-state index is 12.9. The number of benzene rings is 2. The highest BCUT2D eigenvalue weighted by atomic mass is 35.5. The fraction of sp³-hybridized carbons (Fsp3) is 0.235. The van der Waals surface area contributed by atoms with Crippen molar-refractivity contribution in [3.05, 3.63) is 58.0 Å². The number of aromatic amines is 2. The van der Waals surface area contributed by atoms with Gasteiger partial charge in [-0.05, 0) is 30.3 Å². The van der Waals surface area contributed by atoms with Crippen molar-refractivity contribution in [2.24, 2.45) is 0 Å². The van der Waals surface area contributed by atoms with Crippen LogP contribution in [0.3, 0.4) is 0 Å². The number of imidazole rings is 1. The lowest BCUT2D eigenvalue weighted by molar-refractivity contribution is 0.385. The second-order valence-corrected chi connectivity index (χ2v) is 8.47. The predicted molar refractivity (Wildman–Crippen MR) is 101 cm³/mol. The van der Waals surface area contributed by atoms with Crippen LogP contribution >= 0.6 is 11.6 Å². The number of nitrogens with one attached hydrogen (secondary N) is 2. The first kappa shape index (κ1) is 17.1. The third-order valence-corrected chi connectivity index (χ3v) is 6.77. The zero-order chi connectivity index (χ0) is 18.3. The molecule has 1 saturated heterocycles. The third kappa shape index (κ3) is 3.00. The fourth-order valence-corrected chi connectivity index (χ4v) is 4.90. The van der Waals surface area contributed by atoms with E-state index in [0.717, 1.165) is 5.69 Å². The van der Waals surface area contributed by atoms with E-state index in [2.05, 4.69) is 14.9 Å². The molecule has 0 radical (unpaired) electrons. The van der Waals surface area contributed by atoms with Gasteiger partial charge in [0.2, 0.25) is 10.0 Å². The number of H-pyrrole nitrogens is 2. The maximum Gasteiger partial charge on any atom is 0.323 e. The number of nitrogens with zero attached hydrogens (tertiary/aromatic N) is 2. The van der Waals surface area contributed by atoms with Crippen LogP contribution in [0.1, 0.15) is 0 Å². The van der Waals surface area contributed by atoms with Gasteiger partial charge in [0, 0.05) is 26.2 Å². The number of aromatic nitrogens is 2. The van der Waals surface area contributed by atoms with Crippen LogP contribution in [0.2, 0.25) is 5.02 Å². The van der Waals surface area contributed by atoms with Crippen LogP contribution < -0.4 is 10.6 Å². The summed E-state index contributed by atoms with van der Waals surface area (Å²) in [6.45, 7) is 1.86. The van der Waals surface area contributed by atoms with Gasteiger partial charge in [-0.3, -0.25) is 0 Å². The van der Waals surface area contributed by atoms with Gasteiger partial charge < -0.3 is 14.9 Å². The summed E-state index contributed by atoms with van der Waals surface area (Å²) in [5.41, 5.74) is 1.61. The van der Waals surface area contributed by atoms with Gasteiger partial charge in [-0.25, -0.2) is 13.2 Å². The molecule has 1 aliphatic rings. The average molecular weight is 393 g/mol. The van der Waals surface area contributed by atoms with E-state index in [1.165, 1.54) is 16.4 Å². The maximum atomic E-state index is 12.9. The van der Waals surface area contributed by atoms with Gasteiger partial charge in [-0.2, -0.15) is 4.31 Å². The quantitative estimate of drug-likeness (QED) is 0.713. The normalized spacial score (nSPS) is 16.3. The van der Waals surface area contributed by atoms with Crippen LogP contribution in [-0.2, 0) is 10.0 Å². The molecule has 2 heterocycles. The second kappa shape index (κ2) is 6.46. The molecule has 1 aromatic heterocycles. The van der Waals surface area contributed by atoms with Crippen molar-refractivity contribution in [1.29, 1.82) is 0 Å². The summed E-state index contributed by atoms with van der Waals surface area (Å²) in [6.07, 6.45) is 0. The first-order chi connectivity index (χ1) is 12.4. The molecular weight excluding hydrogens is 376 g/mol.